The van der Waals surface area contributed by atoms with Gasteiger partial charge >= 0.3 is 0 Å². The number of nitrogens with one attached hydrogen (secondary N) is 1. The normalized spacial score (nSPS) is 18.2. The fourth-order valence-electron chi connectivity index (χ4n) is 2.79. The Labute approximate surface area is 148 Å². The summed E-state index contributed by atoms with van der Waals surface area (Å²) in [5, 5.41) is 7.23. The molecule has 134 valence electrons. The van der Waals surface area contributed by atoms with Gasteiger partial charge in [0.05, 0.1) is 25.5 Å². The van der Waals surface area contributed by atoms with Crippen molar-refractivity contribution in [2.45, 2.75) is 45.1 Å². The molecule has 1 amide bonds. The molecule has 0 aliphatic carbocycles. The number of benzene rings is 1. The Morgan fingerprint density at radius 3 is 3.00 bits per heavy atom. The molecule has 1 aliphatic heterocycles. The van der Waals surface area contributed by atoms with E-state index in [9.17, 15) is 4.79 Å². The number of hydrogen-bond donors (Lipinski definition) is 1. The van der Waals surface area contributed by atoms with Crippen LogP contribution in [-0.4, -0.2) is 41.1 Å². The Morgan fingerprint density at radius 1 is 1.40 bits per heavy atom. The molecule has 0 radical (unpaired) electrons. The third-order valence-electron chi connectivity index (χ3n) is 4.27. The van der Waals surface area contributed by atoms with E-state index in [0.717, 1.165) is 31.6 Å². The van der Waals surface area contributed by atoms with Crippen LogP contribution in [0, 0.1) is 0 Å². The molecule has 0 saturated carbocycles. The molecule has 1 aliphatic rings. The zero-order chi connectivity index (χ0) is 17.5. The Kier molecular flexibility index (Phi) is 6.19. The van der Waals surface area contributed by atoms with Gasteiger partial charge in [-0.05, 0) is 25.3 Å². The van der Waals surface area contributed by atoms with Gasteiger partial charge < -0.3 is 14.8 Å². The van der Waals surface area contributed by atoms with Gasteiger partial charge in [-0.3, -0.25) is 9.48 Å². The van der Waals surface area contributed by atoms with E-state index >= 15 is 0 Å². The Hall–Kier alpha value is -2.18. The van der Waals surface area contributed by atoms with Crippen LogP contribution in [0.4, 0.5) is 0 Å². The maximum atomic E-state index is 12.1. The second-order valence-electron chi connectivity index (χ2n) is 6.36. The third-order valence-corrected chi connectivity index (χ3v) is 4.27. The SMILES string of the molecule is C[C@H](OC[C@H]1CCCO1)C(=O)NCc1cnn(Cc2ccccc2)c1. The molecule has 0 bridgehead atoms. The smallest absolute Gasteiger partial charge is 0.249 e. The van der Waals surface area contributed by atoms with Crippen molar-refractivity contribution >= 4 is 5.91 Å². The summed E-state index contributed by atoms with van der Waals surface area (Å²) in [6.07, 6.45) is 5.46. The average Bonchev–Trinajstić information content (AvgIpc) is 3.30. The van der Waals surface area contributed by atoms with Gasteiger partial charge in [-0.1, -0.05) is 30.3 Å². The van der Waals surface area contributed by atoms with Crippen LogP contribution in [-0.2, 0) is 27.4 Å². The molecule has 0 spiro atoms. The van der Waals surface area contributed by atoms with Crippen LogP contribution in [0.2, 0.25) is 0 Å². The van der Waals surface area contributed by atoms with Crippen molar-refractivity contribution in [3.05, 3.63) is 53.9 Å². The average molecular weight is 343 g/mol. The quantitative estimate of drug-likeness (QED) is 0.797. The molecule has 2 aromatic rings. The molecule has 1 aromatic heterocycles. The summed E-state index contributed by atoms with van der Waals surface area (Å²) in [4.78, 5) is 12.1. The maximum absolute atomic E-state index is 12.1. The summed E-state index contributed by atoms with van der Waals surface area (Å²) in [6.45, 7) is 4.20. The molecule has 1 saturated heterocycles. The lowest BCUT2D eigenvalue weighted by molar-refractivity contribution is -0.133. The Morgan fingerprint density at radius 2 is 2.24 bits per heavy atom. The lowest BCUT2D eigenvalue weighted by atomic mass is 10.2. The summed E-state index contributed by atoms with van der Waals surface area (Å²) in [7, 11) is 0. The van der Waals surface area contributed by atoms with Crippen molar-refractivity contribution in [1.29, 1.82) is 0 Å². The van der Waals surface area contributed by atoms with Crippen molar-refractivity contribution in [3.8, 4) is 0 Å². The van der Waals surface area contributed by atoms with E-state index in [-0.39, 0.29) is 12.0 Å². The summed E-state index contributed by atoms with van der Waals surface area (Å²) in [6, 6.07) is 10.2. The number of carbonyl (C=O) groups is 1. The van der Waals surface area contributed by atoms with Crippen molar-refractivity contribution in [3.63, 3.8) is 0 Å². The predicted octanol–water partition coefficient (Wildman–Crippen LogP) is 2.13. The summed E-state index contributed by atoms with van der Waals surface area (Å²) < 4.78 is 13.0. The lowest BCUT2D eigenvalue weighted by Gasteiger charge is -2.15. The van der Waals surface area contributed by atoms with E-state index in [1.54, 1.807) is 13.1 Å². The minimum Gasteiger partial charge on any atom is -0.376 e. The zero-order valence-corrected chi connectivity index (χ0v) is 14.6. The van der Waals surface area contributed by atoms with Gasteiger partial charge in [-0.25, -0.2) is 0 Å². The van der Waals surface area contributed by atoms with Crippen molar-refractivity contribution in [1.82, 2.24) is 15.1 Å². The van der Waals surface area contributed by atoms with E-state index in [1.165, 1.54) is 5.56 Å². The van der Waals surface area contributed by atoms with E-state index in [2.05, 4.69) is 22.5 Å². The highest BCUT2D eigenvalue weighted by molar-refractivity contribution is 5.80. The molecule has 1 aromatic carbocycles. The maximum Gasteiger partial charge on any atom is 0.249 e. The van der Waals surface area contributed by atoms with Crippen LogP contribution < -0.4 is 5.32 Å². The molecule has 1 fully saturated rings. The first-order chi connectivity index (χ1) is 12.2. The molecule has 0 unspecified atom stereocenters. The molecule has 1 N–H and O–H groups in total. The van der Waals surface area contributed by atoms with E-state index in [1.807, 2.05) is 29.1 Å². The zero-order valence-electron chi connectivity index (χ0n) is 14.6. The largest absolute Gasteiger partial charge is 0.376 e. The molecule has 6 heteroatoms. The number of amides is 1. The molecule has 3 rings (SSSR count). The number of rotatable bonds is 8. The molecule has 2 atom stereocenters. The second-order valence-corrected chi connectivity index (χ2v) is 6.36. The first-order valence-electron chi connectivity index (χ1n) is 8.77. The molecule has 2 heterocycles. The summed E-state index contributed by atoms with van der Waals surface area (Å²) in [5.74, 6) is -0.117. The van der Waals surface area contributed by atoms with E-state index in [4.69, 9.17) is 9.47 Å². The number of nitrogens with zero attached hydrogens (tertiary/aromatic N) is 2. The minimum absolute atomic E-state index is 0.117. The number of aromatic nitrogens is 2. The highest BCUT2D eigenvalue weighted by Crippen LogP contribution is 2.12. The molecular formula is C19H25N3O3. The molecule has 6 nitrogen and oxygen atoms in total. The fraction of sp³-hybridized carbons (Fsp3) is 0.474. The van der Waals surface area contributed by atoms with Crippen LogP contribution in [0.15, 0.2) is 42.7 Å². The fourth-order valence-corrected chi connectivity index (χ4v) is 2.79. The van der Waals surface area contributed by atoms with Crippen LogP contribution in [0.5, 0.6) is 0 Å². The van der Waals surface area contributed by atoms with Gasteiger partial charge in [0.1, 0.15) is 6.10 Å². The Balaban J connectivity index is 1.41. The molecular weight excluding hydrogens is 318 g/mol. The van der Waals surface area contributed by atoms with Crippen LogP contribution >= 0.6 is 0 Å². The van der Waals surface area contributed by atoms with E-state index < -0.39 is 6.10 Å². The van der Waals surface area contributed by atoms with Crippen molar-refractivity contribution < 1.29 is 14.3 Å². The van der Waals surface area contributed by atoms with Gasteiger partial charge in [0.15, 0.2) is 0 Å². The standard InChI is InChI=1S/C19H25N3O3/c1-15(25-14-18-8-5-9-24-18)19(23)20-10-17-11-21-22(13-17)12-16-6-3-2-4-7-16/h2-4,6-7,11,13,15,18H,5,8-10,12,14H2,1H3,(H,20,23)/t15-,18+/m0/s1. The van der Waals surface area contributed by atoms with Gasteiger partial charge in [-0.2, -0.15) is 5.10 Å². The van der Waals surface area contributed by atoms with Crippen molar-refractivity contribution in [2.75, 3.05) is 13.2 Å². The number of carbonyl (C=O) groups excluding carboxylic acids is 1. The highest BCUT2D eigenvalue weighted by Gasteiger charge is 2.19. The van der Waals surface area contributed by atoms with Crippen LogP contribution in [0.3, 0.4) is 0 Å². The number of hydrogen-bond acceptors (Lipinski definition) is 4. The third kappa shape index (κ3) is 5.41. The Bertz CT molecular complexity index is 666. The molecule has 25 heavy (non-hydrogen) atoms. The van der Waals surface area contributed by atoms with Gasteiger partial charge in [-0.15, -0.1) is 0 Å². The van der Waals surface area contributed by atoms with Gasteiger partial charge in [0, 0.05) is 24.9 Å². The second kappa shape index (κ2) is 8.78. The monoisotopic (exact) mass is 343 g/mol. The van der Waals surface area contributed by atoms with Gasteiger partial charge in [0.2, 0.25) is 5.91 Å². The predicted molar refractivity (Wildman–Crippen MR) is 94.0 cm³/mol. The van der Waals surface area contributed by atoms with Crippen LogP contribution in [0.25, 0.3) is 0 Å². The highest BCUT2D eigenvalue weighted by atomic mass is 16.5. The van der Waals surface area contributed by atoms with E-state index in [0.29, 0.717) is 13.2 Å². The summed E-state index contributed by atoms with van der Waals surface area (Å²) >= 11 is 0. The van der Waals surface area contributed by atoms with Gasteiger partial charge in [0.25, 0.3) is 0 Å². The topological polar surface area (TPSA) is 65.4 Å². The number of ether oxygens (including phenoxy) is 2. The van der Waals surface area contributed by atoms with Crippen molar-refractivity contribution in [2.24, 2.45) is 0 Å². The van der Waals surface area contributed by atoms with Crippen LogP contribution in [0.1, 0.15) is 30.9 Å². The first kappa shape index (κ1) is 17.6. The summed E-state index contributed by atoms with van der Waals surface area (Å²) in [5.41, 5.74) is 2.16. The first-order valence-corrected chi connectivity index (χ1v) is 8.77. The lowest BCUT2D eigenvalue weighted by Crippen LogP contribution is -2.35. The minimum atomic E-state index is -0.483.